The van der Waals surface area contributed by atoms with Gasteiger partial charge in [-0.3, -0.25) is 4.90 Å². The number of hydrogen-bond donors (Lipinski definition) is 1. The molecule has 1 aliphatic carbocycles. The molecule has 0 heterocycles. The maximum atomic E-state index is 6.22. The van der Waals surface area contributed by atoms with Crippen LogP contribution in [0.2, 0.25) is 0 Å². The SMILES string of the molecule is CC(C)CC(C)N(C)C1(CN)CCc2ccccc2C1. The molecule has 20 heavy (non-hydrogen) atoms. The van der Waals surface area contributed by atoms with Crippen LogP contribution in [0.4, 0.5) is 0 Å². The number of rotatable bonds is 5. The van der Waals surface area contributed by atoms with E-state index in [-0.39, 0.29) is 5.54 Å². The van der Waals surface area contributed by atoms with Gasteiger partial charge in [-0.25, -0.2) is 0 Å². The molecule has 0 spiro atoms. The maximum Gasteiger partial charge on any atom is 0.0374 e. The van der Waals surface area contributed by atoms with Gasteiger partial charge in [0.1, 0.15) is 0 Å². The van der Waals surface area contributed by atoms with Crippen molar-refractivity contribution in [1.29, 1.82) is 0 Å². The van der Waals surface area contributed by atoms with E-state index in [1.165, 1.54) is 24.0 Å². The molecule has 0 saturated carbocycles. The highest BCUT2D eigenvalue weighted by molar-refractivity contribution is 5.32. The summed E-state index contributed by atoms with van der Waals surface area (Å²) in [6.45, 7) is 7.70. The Labute approximate surface area is 124 Å². The molecule has 2 unspecified atom stereocenters. The van der Waals surface area contributed by atoms with E-state index in [4.69, 9.17) is 5.73 Å². The lowest BCUT2D eigenvalue weighted by atomic mass is 9.76. The van der Waals surface area contributed by atoms with Crippen LogP contribution in [0.5, 0.6) is 0 Å². The molecule has 0 fully saturated rings. The number of nitrogens with two attached hydrogens (primary N) is 1. The smallest absolute Gasteiger partial charge is 0.0374 e. The van der Waals surface area contributed by atoms with Gasteiger partial charge >= 0.3 is 0 Å². The van der Waals surface area contributed by atoms with Gasteiger partial charge in [-0.1, -0.05) is 38.1 Å². The van der Waals surface area contributed by atoms with Gasteiger partial charge < -0.3 is 5.73 Å². The molecule has 0 saturated heterocycles. The Hall–Kier alpha value is -0.860. The molecular formula is C18H30N2. The molecule has 0 aromatic heterocycles. The zero-order valence-corrected chi connectivity index (χ0v) is 13.5. The lowest BCUT2D eigenvalue weighted by molar-refractivity contribution is 0.0617. The van der Waals surface area contributed by atoms with Gasteiger partial charge in [-0.05, 0) is 56.7 Å². The van der Waals surface area contributed by atoms with Gasteiger partial charge in [0.25, 0.3) is 0 Å². The van der Waals surface area contributed by atoms with Crippen molar-refractivity contribution in [2.45, 2.75) is 58.0 Å². The van der Waals surface area contributed by atoms with Crippen molar-refractivity contribution >= 4 is 0 Å². The molecule has 2 N–H and O–H groups in total. The fourth-order valence-corrected chi connectivity index (χ4v) is 3.71. The summed E-state index contributed by atoms with van der Waals surface area (Å²) in [4.78, 5) is 2.56. The van der Waals surface area contributed by atoms with Crippen molar-refractivity contribution in [3.63, 3.8) is 0 Å². The molecule has 0 radical (unpaired) electrons. The molecule has 2 nitrogen and oxygen atoms in total. The van der Waals surface area contributed by atoms with Crippen molar-refractivity contribution < 1.29 is 0 Å². The Morgan fingerprint density at radius 2 is 1.85 bits per heavy atom. The highest BCUT2D eigenvalue weighted by atomic mass is 15.2. The summed E-state index contributed by atoms with van der Waals surface area (Å²) in [5, 5.41) is 0. The number of likely N-dealkylation sites (N-methyl/N-ethyl adjacent to an activating group) is 1. The van der Waals surface area contributed by atoms with E-state index >= 15 is 0 Å². The summed E-state index contributed by atoms with van der Waals surface area (Å²) in [7, 11) is 2.27. The van der Waals surface area contributed by atoms with E-state index in [1.54, 1.807) is 0 Å². The second-order valence-corrected chi connectivity index (χ2v) is 6.96. The minimum Gasteiger partial charge on any atom is -0.329 e. The van der Waals surface area contributed by atoms with Gasteiger partial charge in [-0.2, -0.15) is 0 Å². The minimum atomic E-state index is 0.142. The first-order valence-electron chi connectivity index (χ1n) is 7.98. The normalized spacial score (nSPS) is 23.9. The standard InChI is InChI=1S/C18H30N2/c1-14(2)11-15(3)20(4)18(13-19)10-9-16-7-5-6-8-17(16)12-18/h5-8,14-15H,9-13,19H2,1-4H3. The summed E-state index contributed by atoms with van der Waals surface area (Å²) in [5.74, 6) is 0.734. The van der Waals surface area contributed by atoms with E-state index < -0.39 is 0 Å². The van der Waals surface area contributed by atoms with Gasteiger partial charge in [0.15, 0.2) is 0 Å². The maximum absolute atomic E-state index is 6.22. The number of aryl methyl sites for hydroxylation is 1. The Morgan fingerprint density at radius 1 is 1.20 bits per heavy atom. The molecule has 112 valence electrons. The molecule has 0 bridgehead atoms. The van der Waals surface area contributed by atoms with E-state index in [0.29, 0.717) is 6.04 Å². The van der Waals surface area contributed by atoms with Crippen LogP contribution in [-0.2, 0) is 12.8 Å². The lowest BCUT2D eigenvalue weighted by Gasteiger charge is -2.47. The van der Waals surface area contributed by atoms with Crippen LogP contribution in [0.3, 0.4) is 0 Å². The number of benzene rings is 1. The second-order valence-electron chi connectivity index (χ2n) is 6.96. The second kappa shape index (κ2) is 6.28. The molecular weight excluding hydrogens is 244 g/mol. The summed E-state index contributed by atoms with van der Waals surface area (Å²) >= 11 is 0. The van der Waals surface area contributed by atoms with Crippen molar-refractivity contribution in [1.82, 2.24) is 4.90 Å². The average molecular weight is 274 g/mol. The van der Waals surface area contributed by atoms with Crippen LogP contribution >= 0.6 is 0 Å². The largest absolute Gasteiger partial charge is 0.329 e. The molecule has 0 amide bonds. The third kappa shape index (κ3) is 3.07. The van der Waals surface area contributed by atoms with E-state index in [9.17, 15) is 0 Å². The lowest BCUT2D eigenvalue weighted by Crippen LogP contribution is -2.58. The van der Waals surface area contributed by atoms with Crippen LogP contribution in [0.1, 0.15) is 44.7 Å². The Morgan fingerprint density at radius 3 is 2.45 bits per heavy atom. The zero-order valence-electron chi connectivity index (χ0n) is 13.5. The van der Waals surface area contributed by atoms with E-state index in [2.05, 4.69) is 57.0 Å². The summed E-state index contributed by atoms with van der Waals surface area (Å²) in [5.41, 5.74) is 9.37. The number of nitrogens with zero attached hydrogens (tertiary/aromatic N) is 1. The van der Waals surface area contributed by atoms with Gasteiger partial charge in [0.2, 0.25) is 0 Å². The predicted molar refractivity (Wildman–Crippen MR) is 86.9 cm³/mol. The fourth-order valence-electron chi connectivity index (χ4n) is 3.71. The summed E-state index contributed by atoms with van der Waals surface area (Å²) < 4.78 is 0. The zero-order chi connectivity index (χ0) is 14.8. The van der Waals surface area contributed by atoms with Crippen LogP contribution in [0, 0.1) is 5.92 Å². The van der Waals surface area contributed by atoms with Crippen molar-refractivity contribution in [3.05, 3.63) is 35.4 Å². The number of hydrogen-bond acceptors (Lipinski definition) is 2. The monoisotopic (exact) mass is 274 g/mol. The third-order valence-corrected chi connectivity index (χ3v) is 5.10. The highest BCUT2D eigenvalue weighted by Crippen LogP contribution is 2.34. The molecule has 2 atom stereocenters. The van der Waals surface area contributed by atoms with Crippen LogP contribution in [-0.4, -0.2) is 30.1 Å². The Bertz CT molecular complexity index is 441. The highest BCUT2D eigenvalue weighted by Gasteiger charge is 2.38. The van der Waals surface area contributed by atoms with Gasteiger partial charge in [-0.15, -0.1) is 0 Å². The first-order valence-corrected chi connectivity index (χ1v) is 7.98. The number of fused-ring (bicyclic) bond motifs is 1. The first-order chi connectivity index (χ1) is 9.48. The van der Waals surface area contributed by atoms with E-state index in [1.807, 2.05) is 0 Å². The van der Waals surface area contributed by atoms with Gasteiger partial charge in [0, 0.05) is 18.1 Å². The Kier molecular flexibility index (Phi) is 4.87. The van der Waals surface area contributed by atoms with Crippen molar-refractivity contribution in [2.75, 3.05) is 13.6 Å². The summed E-state index contributed by atoms with van der Waals surface area (Å²) in [6, 6.07) is 9.44. The molecule has 1 aliphatic rings. The summed E-state index contributed by atoms with van der Waals surface area (Å²) in [6.07, 6.45) is 4.67. The van der Waals surface area contributed by atoms with Crippen molar-refractivity contribution in [3.8, 4) is 0 Å². The molecule has 1 aromatic carbocycles. The Balaban J connectivity index is 2.19. The van der Waals surface area contributed by atoms with Crippen molar-refractivity contribution in [2.24, 2.45) is 11.7 Å². The van der Waals surface area contributed by atoms with E-state index in [0.717, 1.165) is 25.3 Å². The predicted octanol–water partition coefficient (Wildman–Crippen LogP) is 3.24. The average Bonchev–Trinajstić information content (AvgIpc) is 2.45. The molecule has 2 rings (SSSR count). The third-order valence-electron chi connectivity index (χ3n) is 5.10. The molecule has 2 heteroatoms. The van der Waals surface area contributed by atoms with Gasteiger partial charge in [0.05, 0.1) is 0 Å². The van der Waals surface area contributed by atoms with Crippen LogP contribution in [0.15, 0.2) is 24.3 Å². The van der Waals surface area contributed by atoms with Crippen LogP contribution < -0.4 is 5.73 Å². The first kappa shape index (κ1) is 15.5. The molecule has 0 aliphatic heterocycles. The topological polar surface area (TPSA) is 29.3 Å². The quantitative estimate of drug-likeness (QED) is 0.893. The minimum absolute atomic E-state index is 0.142. The molecule has 1 aromatic rings. The van der Waals surface area contributed by atoms with Crippen LogP contribution in [0.25, 0.3) is 0 Å². The fraction of sp³-hybridized carbons (Fsp3) is 0.667.